The minimum absolute atomic E-state index is 0.0513. The lowest BCUT2D eigenvalue weighted by molar-refractivity contribution is 0.448. The van der Waals surface area contributed by atoms with Crippen molar-refractivity contribution in [2.45, 2.75) is 0 Å². The summed E-state index contributed by atoms with van der Waals surface area (Å²) in [5.74, 6) is -3.73. The molecule has 7 heteroatoms. The number of H-pyrrole nitrogens is 1. The predicted molar refractivity (Wildman–Crippen MR) is 63.5 cm³/mol. The van der Waals surface area contributed by atoms with Crippen molar-refractivity contribution in [2.24, 2.45) is 0 Å². The summed E-state index contributed by atoms with van der Waals surface area (Å²) in [7, 11) is 0. The van der Waals surface area contributed by atoms with Gasteiger partial charge in [0.1, 0.15) is 5.52 Å². The van der Waals surface area contributed by atoms with Crippen molar-refractivity contribution >= 4 is 22.5 Å². The van der Waals surface area contributed by atoms with Crippen LogP contribution in [0.3, 0.4) is 0 Å². The molecular weight excluding hydrogens is 257 g/mol. The van der Waals surface area contributed by atoms with Crippen LogP contribution in [0.4, 0.5) is 24.7 Å². The quantitative estimate of drug-likeness (QED) is 0.699. The Kier molecular flexibility index (Phi) is 2.59. The second-order valence-corrected chi connectivity index (χ2v) is 3.85. The molecule has 0 fully saturated rings. The van der Waals surface area contributed by atoms with Crippen molar-refractivity contribution in [3.05, 3.63) is 47.9 Å². The Morgan fingerprint density at radius 3 is 2.58 bits per heavy atom. The highest BCUT2D eigenvalue weighted by molar-refractivity contribution is 5.87. The Morgan fingerprint density at radius 2 is 1.84 bits per heavy atom. The lowest BCUT2D eigenvalue weighted by Gasteiger charge is -2.04. The van der Waals surface area contributed by atoms with Gasteiger partial charge in [0.15, 0.2) is 23.3 Å². The maximum absolute atomic E-state index is 13.1. The number of aromatic nitrogens is 3. The molecule has 1 aromatic carbocycles. The first kappa shape index (κ1) is 11.5. The van der Waals surface area contributed by atoms with E-state index in [0.717, 1.165) is 12.1 Å². The van der Waals surface area contributed by atoms with Gasteiger partial charge in [0.25, 0.3) is 0 Å². The maximum Gasteiger partial charge on any atom is 0.194 e. The summed E-state index contributed by atoms with van der Waals surface area (Å²) in [6, 6.07) is 5.18. The van der Waals surface area contributed by atoms with E-state index in [2.05, 4.69) is 20.5 Å². The third kappa shape index (κ3) is 1.99. The first-order chi connectivity index (χ1) is 9.15. The Labute approximate surface area is 105 Å². The summed E-state index contributed by atoms with van der Waals surface area (Å²) in [6.45, 7) is 0. The summed E-state index contributed by atoms with van der Waals surface area (Å²) >= 11 is 0. The van der Waals surface area contributed by atoms with Gasteiger partial charge in [-0.25, -0.2) is 13.2 Å². The molecule has 0 saturated heterocycles. The van der Waals surface area contributed by atoms with Gasteiger partial charge < -0.3 is 5.32 Å². The molecule has 0 atom stereocenters. The molecule has 2 heterocycles. The molecule has 0 amide bonds. The topological polar surface area (TPSA) is 53.6 Å². The average molecular weight is 264 g/mol. The lowest BCUT2D eigenvalue weighted by Crippen LogP contribution is -1.97. The smallest absolute Gasteiger partial charge is 0.194 e. The zero-order chi connectivity index (χ0) is 13.4. The monoisotopic (exact) mass is 264 g/mol. The van der Waals surface area contributed by atoms with Crippen LogP contribution in [0.15, 0.2) is 30.5 Å². The molecule has 4 nitrogen and oxygen atoms in total. The second-order valence-electron chi connectivity index (χ2n) is 3.85. The summed E-state index contributed by atoms with van der Waals surface area (Å²) in [5, 5.41) is 9.33. The molecule has 3 aromatic rings. The lowest BCUT2D eigenvalue weighted by atomic mass is 10.2. The van der Waals surface area contributed by atoms with Crippen LogP contribution >= 0.6 is 0 Å². The summed E-state index contributed by atoms with van der Waals surface area (Å²) in [6.07, 6.45) is 1.56. The van der Waals surface area contributed by atoms with Crippen LogP contribution in [0.5, 0.6) is 0 Å². The van der Waals surface area contributed by atoms with Gasteiger partial charge in [-0.15, -0.1) is 0 Å². The second kappa shape index (κ2) is 4.27. The molecule has 0 aliphatic rings. The Balaban J connectivity index is 2.01. The standard InChI is InChI=1S/C12H7F3N4/c13-7-4-6(5-8(14)10(7)15)17-12-11-9(18-19-12)2-1-3-16-11/h1-5H,(H2,17,18,19). The van der Waals surface area contributed by atoms with Gasteiger partial charge in [-0.1, -0.05) is 0 Å². The zero-order valence-electron chi connectivity index (χ0n) is 9.42. The minimum atomic E-state index is -1.50. The number of fused-ring (bicyclic) bond motifs is 1. The fourth-order valence-corrected chi connectivity index (χ4v) is 1.70. The molecule has 2 N–H and O–H groups in total. The van der Waals surface area contributed by atoms with Crippen molar-refractivity contribution in [3.8, 4) is 0 Å². The van der Waals surface area contributed by atoms with E-state index in [1.807, 2.05) is 0 Å². The number of rotatable bonds is 2. The first-order valence-electron chi connectivity index (χ1n) is 5.36. The highest BCUT2D eigenvalue weighted by Gasteiger charge is 2.12. The van der Waals surface area contributed by atoms with Gasteiger partial charge in [0.2, 0.25) is 0 Å². The molecule has 0 aliphatic carbocycles. The third-order valence-electron chi connectivity index (χ3n) is 2.57. The van der Waals surface area contributed by atoms with Crippen LogP contribution in [0, 0.1) is 17.5 Å². The highest BCUT2D eigenvalue weighted by Crippen LogP contribution is 2.24. The molecule has 96 valence electrons. The number of benzene rings is 1. The van der Waals surface area contributed by atoms with Crippen molar-refractivity contribution in [3.63, 3.8) is 0 Å². The Bertz CT molecular complexity index is 731. The van der Waals surface area contributed by atoms with Gasteiger partial charge in [0.05, 0.1) is 5.52 Å². The Morgan fingerprint density at radius 1 is 1.11 bits per heavy atom. The SMILES string of the molecule is Fc1cc(Nc2n[nH]c3cccnc23)cc(F)c1F. The van der Waals surface area contributed by atoms with Gasteiger partial charge in [-0.3, -0.25) is 10.1 Å². The van der Waals surface area contributed by atoms with Crippen LogP contribution < -0.4 is 5.32 Å². The molecule has 0 bridgehead atoms. The summed E-state index contributed by atoms with van der Waals surface area (Å²) < 4.78 is 39.0. The zero-order valence-corrected chi connectivity index (χ0v) is 9.42. The normalized spacial score (nSPS) is 10.9. The van der Waals surface area contributed by atoms with E-state index in [-0.39, 0.29) is 5.69 Å². The number of anilines is 2. The fourth-order valence-electron chi connectivity index (χ4n) is 1.70. The third-order valence-corrected chi connectivity index (χ3v) is 2.57. The van der Waals surface area contributed by atoms with E-state index in [1.165, 1.54) is 0 Å². The number of aromatic amines is 1. The fraction of sp³-hybridized carbons (Fsp3) is 0. The van der Waals surface area contributed by atoms with Crippen LogP contribution in [0.25, 0.3) is 11.0 Å². The number of hydrogen-bond acceptors (Lipinski definition) is 3. The number of nitrogens with one attached hydrogen (secondary N) is 2. The van der Waals surface area contributed by atoms with E-state index >= 15 is 0 Å². The van der Waals surface area contributed by atoms with Crippen LogP contribution in [-0.2, 0) is 0 Å². The van der Waals surface area contributed by atoms with Gasteiger partial charge in [-0.05, 0) is 12.1 Å². The number of nitrogens with zero attached hydrogens (tertiary/aromatic N) is 2. The summed E-state index contributed by atoms with van der Waals surface area (Å²) in [4.78, 5) is 4.08. The number of halogens is 3. The van der Waals surface area contributed by atoms with Crippen LogP contribution in [-0.4, -0.2) is 15.2 Å². The van der Waals surface area contributed by atoms with Crippen molar-refractivity contribution in [2.75, 3.05) is 5.32 Å². The minimum Gasteiger partial charge on any atom is -0.337 e. The molecular formula is C12H7F3N4. The molecule has 19 heavy (non-hydrogen) atoms. The highest BCUT2D eigenvalue weighted by atomic mass is 19.2. The molecule has 0 spiro atoms. The van der Waals surface area contributed by atoms with Crippen molar-refractivity contribution < 1.29 is 13.2 Å². The van der Waals surface area contributed by atoms with E-state index in [4.69, 9.17) is 0 Å². The van der Waals surface area contributed by atoms with Gasteiger partial charge in [-0.2, -0.15) is 5.10 Å². The molecule has 3 rings (SSSR count). The largest absolute Gasteiger partial charge is 0.337 e. The summed E-state index contributed by atoms with van der Waals surface area (Å²) in [5.41, 5.74) is 1.25. The van der Waals surface area contributed by atoms with Gasteiger partial charge in [0, 0.05) is 24.0 Å². The molecule has 0 aliphatic heterocycles. The van der Waals surface area contributed by atoms with Crippen LogP contribution in [0.1, 0.15) is 0 Å². The Hall–Kier alpha value is -2.57. The van der Waals surface area contributed by atoms with E-state index in [1.54, 1.807) is 18.3 Å². The molecule has 0 unspecified atom stereocenters. The number of pyridine rings is 1. The van der Waals surface area contributed by atoms with Crippen molar-refractivity contribution in [1.29, 1.82) is 0 Å². The average Bonchev–Trinajstić information content (AvgIpc) is 2.79. The van der Waals surface area contributed by atoms with Crippen LogP contribution in [0.2, 0.25) is 0 Å². The van der Waals surface area contributed by atoms with E-state index in [9.17, 15) is 13.2 Å². The predicted octanol–water partition coefficient (Wildman–Crippen LogP) is 3.12. The van der Waals surface area contributed by atoms with Crippen molar-refractivity contribution in [1.82, 2.24) is 15.2 Å². The van der Waals surface area contributed by atoms with E-state index < -0.39 is 17.5 Å². The molecule has 0 saturated carbocycles. The first-order valence-corrected chi connectivity index (χ1v) is 5.36. The number of hydrogen-bond donors (Lipinski definition) is 2. The van der Waals surface area contributed by atoms with Gasteiger partial charge >= 0.3 is 0 Å². The maximum atomic E-state index is 13.1. The molecule has 0 radical (unpaired) electrons. The molecule has 2 aromatic heterocycles. The van der Waals surface area contributed by atoms with E-state index in [0.29, 0.717) is 16.9 Å².